The first-order chi connectivity index (χ1) is 20.5. The van der Waals surface area contributed by atoms with Gasteiger partial charge in [0.05, 0.1) is 0 Å². The molecular weight excluding hydrogens is 541 g/mol. The smallest absolute Gasteiger partial charge is 0.232 e. The van der Waals surface area contributed by atoms with Crippen LogP contribution in [0.5, 0.6) is 0 Å². The van der Waals surface area contributed by atoms with E-state index in [1.54, 1.807) is 0 Å². The van der Waals surface area contributed by atoms with Crippen LogP contribution < -0.4 is 4.90 Å². The van der Waals surface area contributed by atoms with Gasteiger partial charge in [-0.25, -0.2) is 14.4 Å². The molecule has 1 amide bonds. The van der Waals surface area contributed by atoms with E-state index in [1.807, 2.05) is 23.4 Å². The lowest BCUT2D eigenvalue weighted by Crippen LogP contribution is -2.65. The second-order valence-corrected chi connectivity index (χ2v) is 15.9. The summed E-state index contributed by atoms with van der Waals surface area (Å²) in [4.78, 5) is 30.3. The Bertz CT molecular complexity index is 1520. The number of hydrogen-bond acceptors (Lipinski definition) is 6. The highest BCUT2D eigenvalue weighted by Crippen LogP contribution is 2.71. The first kappa shape index (κ1) is 27.4. The molecule has 3 aromatic rings. The average molecular weight is 584 g/mol. The number of halogens is 1. The molecule has 43 heavy (non-hydrogen) atoms. The monoisotopic (exact) mass is 583 g/mol. The van der Waals surface area contributed by atoms with Crippen molar-refractivity contribution in [1.82, 2.24) is 20.1 Å². The van der Waals surface area contributed by atoms with Gasteiger partial charge in [-0.05, 0) is 99.2 Å². The molecule has 2 heterocycles. The molecule has 0 N–H and O–H groups in total. The molecule has 0 unspecified atom stereocenters. The Labute approximate surface area is 253 Å². The predicted octanol–water partition coefficient (Wildman–Crippen LogP) is 7.61. The number of alkyl halides is 1. The molecule has 0 atom stereocenters. The molecule has 226 valence electrons. The third-order valence-corrected chi connectivity index (χ3v) is 11.4. The first-order valence-electron chi connectivity index (χ1n) is 16.2. The summed E-state index contributed by atoms with van der Waals surface area (Å²) in [5, 5.41) is 4.47. The Kier molecular flexibility index (Phi) is 5.85. The fourth-order valence-electron chi connectivity index (χ4n) is 8.60. The second kappa shape index (κ2) is 9.18. The number of anilines is 1. The highest BCUT2D eigenvalue weighted by atomic mass is 19.1. The van der Waals surface area contributed by atoms with Crippen molar-refractivity contribution in [2.75, 3.05) is 11.4 Å². The minimum atomic E-state index is -1.01. The average Bonchev–Trinajstić information content (AvgIpc) is 3.69. The molecule has 1 aromatic carbocycles. The van der Waals surface area contributed by atoms with Crippen molar-refractivity contribution in [3.05, 3.63) is 54.2 Å². The van der Waals surface area contributed by atoms with Gasteiger partial charge in [0.15, 0.2) is 5.82 Å². The maximum atomic E-state index is 14.4. The van der Waals surface area contributed by atoms with Crippen LogP contribution in [0.25, 0.3) is 11.1 Å². The van der Waals surface area contributed by atoms with Crippen molar-refractivity contribution in [2.24, 2.45) is 10.8 Å². The number of aromatic nitrogens is 4. The molecule has 7 saturated carbocycles. The van der Waals surface area contributed by atoms with E-state index in [0.29, 0.717) is 44.0 Å². The number of rotatable bonds is 8. The van der Waals surface area contributed by atoms with Gasteiger partial charge in [0.1, 0.15) is 11.5 Å². The number of hydrogen-bond donors (Lipinski definition) is 0. The van der Waals surface area contributed by atoms with Crippen molar-refractivity contribution in [1.29, 1.82) is 0 Å². The van der Waals surface area contributed by atoms with Gasteiger partial charge in [-0.1, -0.05) is 38.1 Å². The van der Waals surface area contributed by atoms with E-state index in [0.717, 1.165) is 67.0 Å². The van der Waals surface area contributed by atoms with Gasteiger partial charge in [0.2, 0.25) is 11.8 Å². The number of amides is 1. The van der Waals surface area contributed by atoms with Crippen LogP contribution in [-0.2, 0) is 15.6 Å². The van der Waals surface area contributed by atoms with E-state index in [9.17, 15) is 9.18 Å². The largest absolute Gasteiger partial charge is 0.339 e. The lowest BCUT2D eigenvalue weighted by atomic mass is 9.41. The number of benzene rings is 1. The summed E-state index contributed by atoms with van der Waals surface area (Å²) in [7, 11) is 0. The summed E-state index contributed by atoms with van der Waals surface area (Å²) in [6.45, 7) is 7.00. The maximum absolute atomic E-state index is 14.4. The molecule has 2 aromatic heterocycles. The SMILES string of the molecule is CC(C)(C)c1nc(C23CCC(CN(C(=O)CC45CC(F)(C4)C5)c4cccc(-c5cnc(C6CC6)nc5)c4)(CC2)CC3)no1. The molecule has 0 aliphatic heterocycles. The fourth-order valence-corrected chi connectivity index (χ4v) is 8.60. The zero-order valence-electron chi connectivity index (χ0n) is 25.7. The Morgan fingerprint density at radius 1 is 0.977 bits per heavy atom. The number of carbonyl (C=O) groups is 1. The van der Waals surface area contributed by atoms with Crippen molar-refractivity contribution < 1.29 is 13.7 Å². The lowest BCUT2D eigenvalue weighted by molar-refractivity contribution is -0.215. The molecular formula is C35H42FN5O2. The zero-order valence-corrected chi connectivity index (χ0v) is 25.7. The first-order valence-corrected chi connectivity index (χ1v) is 16.2. The van der Waals surface area contributed by atoms with Crippen molar-refractivity contribution in [2.45, 2.75) is 120 Å². The van der Waals surface area contributed by atoms with Crippen molar-refractivity contribution in [3.8, 4) is 11.1 Å². The van der Waals surface area contributed by atoms with Gasteiger partial charge in [-0.3, -0.25) is 4.79 Å². The fraction of sp³-hybridized carbons (Fsp3) is 0.629. The van der Waals surface area contributed by atoms with E-state index < -0.39 is 5.67 Å². The van der Waals surface area contributed by atoms with E-state index in [-0.39, 0.29) is 27.6 Å². The molecule has 7 aliphatic rings. The van der Waals surface area contributed by atoms with Crippen LogP contribution in [0.1, 0.15) is 121 Å². The Morgan fingerprint density at radius 3 is 2.23 bits per heavy atom. The minimum absolute atomic E-state index is 0.0303. The summed E-state index contributed by atoms with van der Waals surface area (Å²) in [6, 6.07) is 8.27. The quantitative estimate of drug-likeness (QED) is 0.271. The summed E-state index contributed by atoms with van der Waals surface area (Å²) in [5.74, 6) is 3.14. The van der Waals surface area contributed by atoms with Crippen LogP contribution >= 0.6 is 0 Å². The number of carbonyl (C=O) groups excluding carboxylic acids is 1. The van der Waals surface area contributed by atoms with E-state index in [1.165, 1.54) is 12.8 Å². The van der Waals surface area contributed by atoms with Crippen LogP contribution in [0.3, 0.4) is 0 Å². The molecule has 8 heteroatoms. The van der Waals surface area contributed by atoms with Gasteiger partial charge in [0.25, 0.3) is 0 Å². The molecule has 7 nitrogen and oxygen atoms in total. The Balaban J connectivity index is 1.05. The molecule has 0 spiro atoms. The summed E-state index contributed by atoms with van der Waals surface area (Å²) in [5.41, 5.74) is 1.61. The van der Waals surface area contributed by atoms with Gasteiger partial charge in [-0.2, -0.15) is 4.98 Å². The molecule has 0 saturated heterocycles. The zero-order chi connectivity index (χ0) is 29.7. The summed E-state index contributed by atoms with van der Waals surface area (Å²) < 4.78 is 20.1. The summed E-state index contributed by atoms with van der Waals surface area (Å²) >= 11 is 0. The topological polar surface area (TPSA) is 85.0 Å². The van der Waals surface area contributed by atoms with Gasteiger partial charge < -0.3 is 9.42 Å². The number of nitrogens with zero attached hydrogens (tertiary/aromatic N) is 5. The van der Waals surface area contributed by atoms with Crippen LogP contribution in [0.15, 0.2) is 41.2 Å². The third kappa shape index (κ3) is 4.71. The Morgan fingerprint density at radius 2 is 1.65 bits per heavy atom. The van der Waals surface area contributed by atoms with Crippen molar-refractivity contribution in [3.63, 3.8) is 0 Å². The minimum Gasteiger partial charge on any atom is -0.339 e. The lowest BCUT2D eigenvalue weighted by Gasteiger charge is -2.66. The van der Waals surface area contributed by atoms with Gasteiger partial charge in [-0.15, -0.1) is 0 Å². The second-order valence-electron chi connectivity index (χ2n) is 15.9. The summed E-state index contributed by atoms with van der Waals surface area (Å²) in [6.07, 6.45) is 14.4. The Hall–Kier alpha value is -3.16. The van der Waals surface area contributed by atoms with Gasteiger partial charge >= 0.3 is 0 Å². The molecule has 7 fully saturated rings. The number of fused-ring (bicyclic) bond motifs is 3. The van der Waals surface area contributed by atoms with E-state index in [4.69, 9.17) is 9.51 Å². The molecule has 7 aliphatic carbocycles. The van der Waals surface area contributed by atoms with E-state index in [2.05, 4.69) is 54.1 Å². The molecule has 0 radical (unpaired) electrons. The van der Waals surface area contributed by atoms with Crippen LogP contribution in [0.4, 0.5) is 10.1 Å². The van der Waals surface area contributed by atoms with E-state index >= 15 is 0 Å². The highest BCUT2D eigenvalue weighted by molar-refractivity contribution is 5.95. The van der Waals surface area contributed by atoms with Crippen molar-refractivity contribution >= 4 is 11.6 Å². The highest BCUT2D eigenvalue weighted by Gasteiger charge is 2.69. The predicted molar refractivity (Wildman–Crippen MR) is 161 cm³/mol. The normalized spacial score (nSPS) is 32.7. The van der Waals surface area contributed by atoms with Crippen LogP contribution in [0.2, 0.25) is 0 Å². The maximum Gasteiger partial charge on any atom is 0.232 e. The standard InChI is InChI=1S/C35H42FN5O2/c1-31(2,3)30-39-29(40-43-30)34-12-9-32(10-13-34,11-14-34)22-41(27(42)16-33-19-35(36,20-33)21-33)26-6-4-5-24(15-26)25-17-37-28(38-18-25)23-7-8-23/h4-6,15,17-18,23H,7-14,16,19-22H2,1-3H3. The van der Waals surface area contributed by atoms with Gasteiger partial charge in [0, 0.05) is 53.4 Å². The molecule has 4 bridgehead atoms. The van der Waals surface area contributed by atoms with Crippen LogP contribution in [0, 0.1) is 10.8 Å². The third-order valence-electron chi connectivity index (χ3n) is 11.4. The molecule has 10 rings (SSSR count). The van der Waals surface area contributed by atoms with Crippen LogP contribution in [-0.4, -0.2) is 38.2 Å².